The standard InChI is InChI=1S/C13H18BrN/c1-5-12(15-6-2)11-7-9(3)13(14)10(4)8-11/h5,7-8,12,15H,1,6H2,2-4H3. The van der Waals surface area contributed by atoms with Crippen LogP contribution in [0.1, 0.15) is 29.7 Å². The molecule has 0 aliphatic carbocycles. The van der Waals surface area contributed by atoms with E-state index in [4.69, 9.17) is 0 Å². The van der Waals surface area contributed by atoms with Crippen LogP contribution in [0.5, 0.6) is 0 Å². The molecule has 0 aromatic heterocycles. The molecule has 0 amide bonds. The quantitative estimate of drug-likeness (QED) is 0.816. The van der Waals surface area contributed by atoms with Gasteiger partial charge in [0.2, 0.25) is 0 Å². The highest BCUT2D eigenvalue weighted by Crippen LogP contribution is 2.25. The Morgan fingerprint density at radius 3 is 2.33 bits per heavy atom. The van der Waals surface area contributed by atoms with Crippen molar-refractivity contribution in [3.63, 3.8) is 0 Å². The van der Waals surface area contributed by atoms with Gasteiger partial charge in [-0.1, -0.05) is 41.1 Å². The molecular weight excluding hydrogens is 250 g/mol. The molecule has 0 radical (unpaired) electrons. The molecule has 1 aromatic carbocycles. The molecule has 15 heavy (non-hydrogen) atoms. The van der Waals surface area contributed by atoms with Crippen molar-refractivity contribution in [3.8, 4) is 0 Å². The summed E-state index contributed by atoms with van der Waals surface area (Å²) < 4.78 is 1.20. The van der Waals surface area contributed by atoms with Gasteiger partial charge in [0.1, 0.15) is 0 Å². The van der Waals surface area contributed by atoms with Gasteiger partial charge in [-0.25, -0.2) is 0 Å². The molecule has 1 unspecified atom stereocenters. The first-order valence-electron chi connectivity index (χ1n) is 5.22. The highest BCUT2D eigenvalue weighted by molar-refractivity contribution is 9.10. The second-order valence-corrected chi connectivity index (χ2v) is 4.53. The number of likely N-dealkylation sites (N-methyl/N-ethyl adjacent to an activating group) is 1. The van der Waals surface area contributed by atoms with E-state index in [0.29, 0.717) is 0 Å². The molecule has 1 rings (SSSR count). The lowest BCUT2D eigenvalue weighted by Crippen LogP contribution is -2.18. The highest BCUT2D eigenvalue weighted by atomic mass is 79.9. The molecule has 0 heterocycles. The van der Waals surface area contributed by atoms with Crippen molar-refractivity contribution >= 4 is 15.9 Å². The fourth-order valence-corrected chi connectivity index (χ4v) is 1.95. The summed E-state index contributed by atoms with van der Waals surface area (Å²) in [6, 6.07) is 4.65. The molecule has 0 aliphatic heterocycles. The average Bonchev–Trinajstić information content (AvgIpc) is 2.22. The van der Waals surface area contributed by atoms with Crippen LogP contribution in [0.4, 0.5) is 0 Å². The Hall–Kier alpha value is -0.600. The zero-order valence-corrected chi connectivity index (χ0v) is 11.2. The molecule has 1 aromatic rings. The summed E-state index contributed by atoms with van der Waals surface area (Å²) >= 11 is 3.58. The third kappa shape index (κ3) is 2.93. The SMILES string of the molecule is C=CC(NCC)c1cc(C)c(Br)c(C)c1. The Balaban J connectivity index is 3.08. The summed E-state index contributed by atoms with van der Waals surface area (Å²) in [5, 5.41) is 3.39. The van der Waals surface area contributed by atoms with Crippen LogP contribution >= 0.6 is 15.9 Å². The van der Waals surface area contributed by atoms with Crippen molar-refractivity contribution in [2.75, 3.05) is 6.54 Å². The molecule has 82 valence electrons. The topological polar surface area (TPSA) is 12.0 Å². The van der Waals surface area contributed by atoms with Gasteiger partial charge in [0.25, 0.3) is 0 Å². The number of halogens is 1. The molecule has 1 atom stereocenters. The summed E-state index contributed by atoms with van der Waals surface area (Å²) in [4.78, 5) is 0. The van der Waals surface area contributed by atoms with Gasteiger partial charge < -0.3 is 5.32 Å². The molecular formula is C13H18BrN. The third-order valence-corrected chi connectivity index (χ3v) is 3.73. The van der Waals surface area contributed by atoms with Crippen LogP contribution in [0.15, 0.2) is 29.3 Å². The fourth-order valence-electron chi connectivity index (χ4n) is 1.72. The van der Waals surface area contributed by atoms with Gasteiger partial charge >= 0.3 is 0 Å². The van der Waals surface area contributed by atoms with Crippen LogP contribution in [0.3, 0.4) is 0 Å². The normalized spacial score (nSPS) is 12.5. The maximum Gasteiger partial charge on any atom is 0.0503 e. The zero-order chi connectivity index (χ0) is 11.4. The number of aryl methyl sites for hydroxylation is 2. The summed E-state index contributed by atoms with van der Waals surface area (Å²) in [6.07, 6.45) is 1.95. The predicted molar refractivity (Wildman–Crippen MR) is 70.2 cm³/mol. The molecule has 1 N–H and O–H groups in total. The van der Waals surface area contributed by atoms with E-state index in [1.54, 1.807) is 0 Å². The summed E-state index contributed by atoms with van der Waals surface area (Å²) in [7, 11) is 0. The minimum Gasteiger partial charge on any atom is -0.307 e. The van der Waals surface area contributed by atoms with Gasteiger partial charge in [-0.2, -0.15) is 0 Å². The van der Waals surface area contributed by atoms with Crippen LogP contribution in [0.2, 0.25) is 0 Å². The van der Waals surface area contributed by atoms with E-state index in [1.165, 1.54) is 21.2 Å². The van der Waals surface area contributed by atoms with Crippen molar-refractivity contribution in [3.05, 3.63) is 46.0 Å². The lowest BCUT2D eigenvalue weighted by Gasteiger charge is -2.16. The minimum absolute atomic E-state index is 0.250. The number of nitrogens with one attached hydrogen (secondary N) is 1. The lowest BCUT2D eigenvalue weighted by atomic mass is 10.0. The van der Waals surface area contributed by atoms with Crippen molar-refractivity contribution in [2.24, 2.45) is 0 Å². The molecule has 0 fully saturated rings. The first-order valence-corrected chi connectivity index (χ1v) is 6.02. The van der Waals surface area contributed by atoms with Crippen molar-refractivity contribution < 1.29 is 0 Å². The smallest absolute Gasteiger partial charge is 0.0503 e. The van der Waals surface area contributed by atoms with Crippen molar-refractivity contribution in [1.29, 1.82) is 0 Å². The van der Waals surface area contributed by atoms with E-state index in [-0.39, 0.29) is 6.04 Å². The van der Waals surface area contributed by atoms with Crippen LogP contribution in [0, 0.1) is 13.8 Å². The van der Waals surface area contributed by atoms with Gasteiger partial charge in [-0.15, -0.1) is 6.58 Å². The first kappa shape index (κ1) is 12.5. The number of hydrogen-bond donors (Lipinski definition) is 1. The van der Waals surface area contributed by atoms with E-state index in [1.807, 2.05) is 6.08 Å². The number of rotatable bonds is 4. The van der Waals surface area contributed by atoms with E-state index in [0.717, 1.165) is 6.54 Å². The van der Waals surface area contributed by atoms with Crippen LogP contribution in [-0.2, 0) is 0 Å². The van der Waals surface area contributed by atoms with Crippen molar-refractivity contribution in [1.82, 2.24) is 5.32 Å². The predicted octanol–water partition coefficient (Wildman–Crippen LogP) is 3.90. The van der Waals surface area contributed by atoms with Gasteiger partial charge in [0, 0.05) is 4.47 Å². The fraction of sp³-hybridized carbons (Fsp3) is 0.385. The van der Waals surface area contributed by atoms with Gasteiger partial charge in [0.15, 0.2) is 0 Å². The van der Waals surface area contributed by atoms with Gasteiger partial charge in [-0.05, 0) is 37.1 Å². The largest absolute Gasteiger partial charge is 0.307 e. The Morgan fingerprint density at radius 2 is 1.93 bits per heavy atom. The Labute approximate surface area is 101 Å². The highest BCUT2D eigenvalue weighted by Gasteiger charge is 2.08. The van der Waals surface area contributed by atoms with Crippen LogP contribution in [0.25, 0.3) is 0 Å². The van der Waals surface area contributed by atoms with E-state index in [9.17, 15) is 0 Å². The molecule has 0 saturated heterocycles. The van der Waals surface area contributed by atoms with Crippen LogP contribution < -0.4 is 5.32 Å². The maximum absolute atomic E-state index is 3.86. The zero-order valence-electron chi connectivity index (χ0n) is 9.60. The Morgan fingerprint density at radius 1 is 1.40 bits per heavy atom. The molecule has 0 aliphatic rings. The Kier molecular flexibility index (Phi) is 4.55. The van der Waals surface area contributed by atoms with Gasteiger partial charge in [-0.3, -0.25) is 0 Å². The van der Waals surface area contributed by atoms with Crippen molar-refractivity contribution in [2.45, 2.75) is 26.8 Å². The second-order valence-electron chi connectivity index (χ2n) is 3.74. The number of hydrogen-bond acceptors (Lipinski definition) is 1. The Bertz CT molecular complexity index is 335. The average molecular weight is 268 g/mol. The molecule has 0 bridgehead atoms. The molecule has 1 nitrogen and oxygen atoms in total. The molecule has 0 spiro atoms. The summed E-state index contributed by atoms with van der Waals surface area (Å²) in [5.74, 6) is 0. The third-order valence-electron chi connectivity index (χ3n) is 2.48. The second kappa shape index (κ2) is 5.47. The van der Waals surface area contributed by atoms with E-state index in [2.05, 4.69) is 60.7 Å². The van der Waals surface area contributed by atoms with E-state index >= 15 is 0 Å². The summed E-state index contributed by atoms with van der Waals surface area (Å²) in [5.41, 5.74) is 3.83. The molecule has 0 saturated carbocycles. The molecule has 2 heteroatoms. The van der Waals surface area contributed by atoms with E-state index < -0.39 is 0 Å². The number of benzene rings is 1. The van der Waals surface area contributed by atoms with Crippen LogP contribution in [-0.4, -0.2) is 6.54 Å². The summed E-state index contributed by atoms with van der Waals surface area (Å²) in [6.45, 7) is 11.2. The lowest BCUT2D eigenvalue weighted by molar-refractivity contribution is 0.648. The maximum atomic E-state index is 3.86. The van der Waals surface area contributed by atoms with Gasteiger partial charge in [0.05, 0.1) is 6.04 Å². The minimum atomic E-state index is 0.250. The first-order chi connectivity index (χ1) is 7.10. The monoisotopic (exact) mass is 267 g/mol.